The number of hydrogen-bond donors (Lipinski definition) is 1. The molecule has 1 aliphatic heterocycles. The highest BCUT2D eigenvalue weighted by Gasteiger charge is 2.18. The van der Waals surface area contributed by atoms with Crippen molar-refractivity contribution in [3.63, 3.8) is 0 Å². The highest BCUT2D eigenvalue weighted by molar-refractivity contribution is 7.89. The van der Waals surface area contributed by atoms with Crippen LogP contribution in [0.15, 0.2) is 51.9 Å². The van der Waals surface area contributed by atoms with Gasteiger partial charge in [0.1, 0.15) is 0 Å². The Hall–Kier alpha value is -2.91. The molecule has 26 heavy (non-hydrogen) atoms. The zero-order valence-corrected chi connectivity index (χ0v) is 14.6. The average molecular weight is 373 g/mol. The second-order valence-corrected chi connectivity index (χ2v) is 7.48. The molecule has 1 aliphatic rings. The van der Waals surface area contributed by atoms with E-state index in [-0.39, 0.29) is 24.1 Å². The molecule has 0 bridgehead atoms. The predicted octanol–water partition coefficient (Wildman–Crippen LogP) is 2.25. The van der Waals surface area contributed by atoms with Gasteiger partial charge in [0.05, 0.1) is 11.4 Å². The standard InChI is InChI=1S/C17H15N3O5S/c1-11-2-5-13(6-3-11)26(21,22)18-9-16-19-17(20-25-16)12-4-7-14-15(8-12)24-10-23-14/h2-8,18H,9-10H2,1H3. The summed E-state index contributed by atoms with van der Waals surface area (Å²) in [7, 11) is -3.65. The van der Waals surface area contributed by atoms with Crippen LogP contribution >= 0.6 is 0 Å². The number of fused-ring (bicyclic) bond motifs is 1. The molecule has 0 aliphatic carbocycles. The molecule has 0 unspecified atom stereocenters. The van der Waals surface area contributed by atoms with Crippen LogP contribution in [-0.2, 0) is 16.6 Å². The summed E-state index contributed by atoms with van der Waals surface area (Å²) in [6.07, 6.45) is 0. The molecule has 1 aromatic heterocycles. The monoisotopic (exact) mass is 373 g/mol. The number of sulfonamides is 1. The van der Waals surface area contributed by atoms with E-state index in [1.54, 1.807) is 42.5 Å². The first-order chi connectivity index (χ1) is 12.5. The molecule has 9 heteroatoms. The molecular weight excluding hydrogens is 358 g/mol. The van der Waals surface area contributed by atoms with Gasteiger partial charge in [-0.3, -0.25) is 0 Å². The third-order valence-electron chi connectivity index (χ3n) is 3.84. The van der Waals surface area contributed by atoms with Gasteiger partial charge in [-0.1, -0.05) is 22.9 Å². The number of ether oxygens (including phenoxy) is 2. The Balaban J connectivity index is 1.48. The zero-order valence-electron chi connectivity index (χ0n) is 13.8. The summed E-state index contributed by atoms with van der Waals surface area (Å²) in [4.78, 5) is 4.40. The minimum Gasteiger partial charge on any atom is -0.454 e. The van der Waals surface area contributed by atoms with Gasteiger partial charge in [-0.15, -0.1) is 0 Å². The SMILES string of the molecule is Cc1ccc(S(=O)(=O)NCc2nc(-c3ccc4c(c3)OCO4)no2)cc1. The number of hydrogen-bond acceptors (Lipinski definition) is 7. The number of nitrogens with one attached hydrogen (secondary N) is 1. The molecule has 0 atom stereocenters. The van der Waals surface area contributed by atoms with Crippen molar-refractivity contribution in [3.8, 4) is 22.9 Å². The summed E-state index contributed by atoms with van der Waals surface area (Å²) < 4.78 is 42.7. The molecule has 1 N–H and O–H groups in total. The second kappa shape index (κ2) is 6.43. The molecule has 0 saturated heterocycles. The first-order valence-corrected chi connectivity index (χ1v) is 9.28. The van der Waals surface area contributed by atoms with Gasteiger partial charge in [0.15, 0.2) is 11.5 Å². The van der Waals surface area contributed by atoms with Crippen molar-refractivity contribution in [3.05, 3.63) is 53.9 Å². The highest BCUT2D eigenvalue weighted by Crippen LogP contribution is 2.35. The minimum absolute atomic E-state index is 0.103. The van der Waals surface area contributed by atoms with Gasteiger partial charge in [-0.25, -0.2) is 13.1 Å². The van der Waals surface area contributed by atoms with Gasteiger partial charge in [0.2, 0.25) is 28.5 Å². The second-order valence-electron chi connectivity index (χ2n) is 5.72. The van der Waals surface area contributed by atoms with Crippen LogP contribution in [0.25, 0.3) is 11.4 Å². The predicted molar refractivity (Wildman–Crippen MR) is 91.1 cm³/mol. The van der Waals surface area contributed by atoms with Crippen LogP contribution in [0.4, 0.5) is 0 Å². The van der Waals surface area contributed by atoms with E-state index in [9.17, 15) is 8.42 Å². The lowest BCUT2D eigenvalue weighted by Gasteiger charge is -2.04. The maximum Gasteiger partial charge on any atom is 0.242 e. The Morgan fingerprint density at radius 2 is 1.85 bits per heavy atom. The van der Waals surface area contributed by atoms with Crippen molar-refractivity contribution in [1.29, 1.82) is 0 Å². The molecule has 3 aromatic rings. The van der Waals surface area contributed by atoms with Crippen molar-refractivity contribution < 1.29 is 22.4 Å². The lowest BCUT2D eigenvalue weighted by atomic mass is 10.2. The molecular formula is C17H15N3O5S. The van der Waals surface area contributed by atoms with Crippen LogP contribution in [0.5, 0.6) is 11.5 Å². The van der Waals surface area contributed by atoms with Crippen LogP contribution < -0.4 is 14.2 Å². The number of rotatable bonds is 5. The van der Waals surface area contributed by atoms with E-state index >= 15 is 0 Å². The smallest absolute Gasteiger partial charge is 0.242 e. The molecule has 0 saturated carbocycles. The van der Waals surface area contributed by atoms with Crippen molar-refractivity contribution in [2.75, 3.05) is 6.79 Å². The van der Waals surface area contributed by atoms with Gasteiger partial charge in [-0.2, -0.15) is 4.98 Å². The van der Waals surface area contributed by atoms with Crippen molar-refractivity contribution in [1.82, 2.24) is 14.9 Å². The molecule has 0 amide bonds. The molecule has 0 radical (unpaired) electrons. The van der Waals surface area contributed by atoms with Crippen molar-refractivity contribution >= 4 is 10.0 Å². The summed E-state index contributed by atoms with van der Waals surface area (Å²) in [5, 5.41) is 3.88. The van der Waals surface area contributed by atoms with Gasteiger partial charge in [0, 0.05) is 5.56 Å². The topological polar surface area (TPSA) is 104 Å². The lowest BCUT2D eigenvalue weighted by Crippen LogP contribution is -2.23. The van der Waals surface area contributed by atoms with E-state index in [1.807, 2.05) is 6.92 Å². The summed E-state index contributed by atoms with van der Waals surface area (Å²) >= 11 is 0. The molecule has 0 spiro atoms. The summed E-state index contributed by atoms with van der Waals surface area (Å²) in [6, 6.07) is 11.8. The first kappa shape index (κ1) is 16.6. The summed E-state index contributed by atoms with van der Waals surface area (Å²) in [5.74, 6) is 1.76. The Bertz CT molecular complexity index is 1040. The van der Waals surface area contributed by atoms with Crippen LogP contribution in [-0.4, -0.2) is 25.4 Å². The van der Waals surface area contributed by atoms with Crippen LogP contribution in [0, 0.1) is 6.92 Å². The molecule has 2 heterocycles. The van der Waals surface area contributed by atoms with Gasteiger partial charge >= 0.3 is 0 Å². The Morgan fingerprint density at radius 3 is 2.65 bits per heavy atom. The molecule has 2 aromatic carbocycles. The van der Waals surface area contributed by atoms with E-state index in [2.05, 4.69) is 14.9 Å². The third kappa shape index (κ3) is 3.26. The van der Waals surface area contributed by atoms with Crippen LogP contribution in [0.3, 0.4) is 0 Å². The average Bonchev–Trinajstić information content (AvgIpc) is 3.29. The zero-order chi connectivity index (χ0) is 18.1. The summed E-state index contributed by atoms with van der Waals surface area (Å²) in [5.41, 5.74) is 1.67. The molecule has 8 nitrogen and oxygen atoms in total. The Labute approximate surface area is 149 Å². The molecule has 0 fully saturated rings. The number of nitrogens with zero attached hydrogens (tertiary/aromatic N) is 2. The fourth-order valence-corrected chi connectivity index (χ4v) is 3.41. The molecule has 134 valence electrons. The number of benzene rings is 2. The van der Waals surface area contributed by atoms with E-state index < -0.39 is 10.0 Å². The Morgan fingerprint density at radius 1 is 1.08 bits per heavy atom. The van der Waals surface area contributed by atoms with Gasteiger partial charge in [0.25, 0.3) is 0 Å². The first-order valence-electron chi connectivity index (χ1n) is 7.80. The number of aryl methyl sites for hydroxylation is 1. The van der Waals surface area contributed by atoms with Gasteiger partial charge in [-0.05, 0) is 37.3 Å². The Kier molecular flexibility index (Phi) is 4.09. The minimum atomic E-state index is -3.65. The van der Waals surface area contributed by atoms with E-state index in [1.165, 1.54) is 0 Å². The molecule has 4 rings (SSSR count). The van der Waals surface area contributed by atoms with E-state index in [0.29, 0.717) is 22.9 Å². The fraction of sp³-hybridized carbons (Fsp3) is 0.176. The third-order valence-corrected chi connectivity index (χ3v) is 5.26. The fourth-order valence-electron chi connectivity index (χ4n) is 2.44. The van der Waals surface area contributed by atoms with E-state index in [4.69, 9.17) is 14.0 Å². The quantitative estimate of drug-likeness (QED) is 0.731. The van der Waals surface area contributed by atoms with Gasteiger partial charge < -0.3 is 14.0 Å². The van der Waals surface area contributed by atoms with Crippen LogP contribution in [0.2, 0.25) is 0 Å². The maximum atomic E-state index is 12.3. The maximum absolute atomic E-state index is 12.3. The summed E-state index contributed by atoms with van der Waals surface area (Å²) in [6.45, 7) is 1.96. The van der Waals surface area contributed by atoms with Crippen molar-refractivity contribution in [2.45, 2.75) is 18.4 Å². The van der Waals surface area contributed by atoms with Crippen LogP contribution in [0.1, 0.15) is 11.5 Å². The van der Waals surface area contributed by atoms with Crippen molar-refractivity contribution in [2.24, 2.45) is 0 Å². The number of aromatic nitrogens is 2. The normalized spacial score (nSPS) is 13.1. The lowest BCUT2D eigenvalue weighted by molar-refractivity contribution is 0.174. The highest BCUT2D eigenvalue weighted by atomic mass is 32.2. The van der Waals surface area contributed by atoms with E-state index in [0.717, 1.165) is 5.56 Å². The largest absolute Gasteiger partial charge is 0.454 e.